The van der Waals surface area contributed by atoms with Gasteiger partial charge in [0, 0.05) is 0 Å². The van der Waals surface area contributed by atoms with Crippen molar-refractivity contribution in [3.63, 3.8) is 0 Å². The fourth-order valence-electron chi connectivity index (χ4n) is 1.44. The predicted octanol–water partition coefficient (Wildman–Crippen LogP) is 3.35. The molecule has 1 aromatic rings. The van der Waals surface area contributed by atoms with Crippen molar-refractivity contribution >= 4 is 0 Å². The summed E-state index contributed by atoms with van der Waals surface area (Å²) in [6.07, 6.45) is 0. The maximum absolute atomic E-state index is 5.69. The molecule has 0 aromatic heterocycles. The Balaban J connectivity index is 0.00000121. The van der Waals surface area contributed by atoms with Gasteiger partial charge in [-0.3, -0.25) is 0 Å². The minimum absolute atomic E-state index is 0.794. The second-order valence-corrected chi connectivity index (χ2v) is 4.14. The number of rotatable bonds is 6. The Hall–Kier alpha value is -1.28. The van der Waals surface area contributed by atoms with Gasteiger partial charge in [-0.25, -0.2) is 0 Å². The molecule has 0 aliphatic heterocycles. The minimum atomic E-state index is 0.794. The van der Waals surface area contributed by atoms with Gasteiger partial charge in [0.05, 0.1) is 20.1 Å². The largest absolute Gasteiger partial charge is 0.488 e. The maximum Gasteiger partial charge on any atom is 0.137 e. The van der Waals surface area contributed by atoms with Crippen LogP contribution in [0.15, 0.2) is 43.5 Å². The quantitative estimate of drug-likeness (QED) is 0.543. The monoisotopic (exact) mass is 236 g/mol. The molecule has 0 bridgehead atoms. The lowest BCUT2D eigenvalue weighted by Gasteiger charge is -2.31. The molecule has 0 saturated carbocycles. The molecule has 0 N–H and O–H groups in total. The van der Waals surface area contributed by atoms with Gasteiger partial charge >= 0.3 is 0 Å². The molecule has 0 fully saturated rings. The third kappa shape index (κ3) is 6.12. The van der Waals surface area contributed by atoms with Crippen LogP contribution >= 0.6 is 0 Å². The highest BCUT2D eigenvalue weighted by Gasteiger charge is 2.15. The van der Waals surface area contributed by atoms with Crippen LogP contribution in [0.4, 0.5) is 0 Å². The number of quaternary nitrogens is 1. The fourth-order valence-corrected chi connectivity index (χ4v) is 1.44. The summed E-state index contributed by atoms with van der Waals surface area (Å²) in [6, 6.07) is 10.0. The number of hydrogen-bond donors (Lipinski definition) is 0. The van der Waals surface area contributed by atoms with Crippen molar-refractivity contribution in [1.82, 2.24) is 0 Å². The van der Waals surface area contributed by atoms with E-state index in [4.69, 9.17) is 4.74 Å². The number of likely N-dealkylation sites (N-methyl/N-ethyl adjacent to an activating group) is 1. The lowest BCUT2D eigenvalue weighted by atomic mass is 10.3. The van der Waals surface area contributed by atoms with Crippen molar-refractivity contribution in [1.29, 1.82) is 0 Å². The maximum atomic E-state index is 5.69. The fraction of sp³-hybridized carbons (Fsp3) is 0.467. The first-order chi connectivity index (χ1) is 8.20. The molecule has 2 heteroatoms. The van der Waals surface area contributed by atoms with Gasteiger partial charge in [0.2, 0.25) is 0 Å². The molecule has 0 heterocycles. The summed E-state index contributed by atoms with van der Waals surface area (Å²) in [4.78, 5) is 0. The van der Waals surface area contributed by atoms with E-state index in [0.29, 0.717) is 0 Å². The van der Waals surface area contributed by atoms with E-state index in [9.17, 15) is 0 Å². The van der Waals surface area contributed by atoms with Crippen LogP contribution in [0.25, 0.3) is 0 Å². The Labute approximate surface area is 106 Å². The Kier molecular flexibility index (Phi) is 8.16. The SMILES string of the molecule is C=C.CC[N+](C)(CC)CCOc1ccccc1. The first-order valence-corrected chi connectivity index (χ1v) is 6.21. The Morgan fingerprint density at radius 3 is 2.06 bits per heavy atom. The van der Waals surface area contributed by atoms with Crippen molar-refractivity contribution in [3.8, 4) is 5.75 Å². The topological polar surface area (TPSA) is 9.23 Å². The summed E-state index contributed by atoms with van der Waals surface area (Å²) in [6.45, 7) is 14.6. The zero-order chi connectivity index (χ0) is 13.1. The molecular formula is C15H26NO+. The van der Waals surface area contributed by atoms with Crippen LogP contribution in [0.5, 0.6) is 5.75 Å². The summed E-state index contributed by atoms with van der Waals surface area (Å²) >= 11 is 0. The van der Waals surface area contributed by atoms with Crippen LogP contribution in [0.2, 0.25) is 0 Å². The lowest BCUT2D eigenvalue weighted by molar-refractivity contribution is -0.906. The molecule has 0 spiro atoms. The summed E-state index contributed by atoms with van der Waals surface area (Å²) < 4.78 is 6.77. The zero-order valence-corrected chi connectivity index (χ0v) is 11.5. The molecule has 2 nitrogen and oxygen atoms in total. The van der Waals surface area contributed by atoms with Crippen LogP contribution in [0.1, 0.15) is 13.8 Å². The van der Waals surface area contributed by atoms with Gasteiger partial charge < -0.3 is 9.22 Å². The van der Waals surface area contributed by atoms with Gasteiger partial charge in [0.15, 0.2) is 0 Å². The molecule has 17 heavy (non-hydrogen) atoms. The predicted molar refractivity (Wildman–Crippen MR) is 75.3 cm³/mol. The lowest BCUT2D eigenvalue weighted by Crippen LogP contribution is -2.46. The van der Waals surface area contributed by atoms with Crippen LogP contribution < -0.4 is 4.74 Å². The van der Waals surface area contributed by atoms with Crippen molar-refractivity contribution in [2.75, 3.05) is 33.3 Å². The highest BCUT2D eigenvalue weighted by molar-refractivity contribution is 5.20. The van der Waals surface area contributed by atoms with E-state index < -0.39 is 0 Å². The summed E-state index contributed by atoms with van der Waals surface area (Å²) in [5.41, 5.74) is 0. The van der Waals surface area contributed by atoms with Crippen LogP contribution in [0.3, 0.4) is 0 Å². The first-order valence-electron chi connectivity index (χ1n) is 6.21. The number of benzene rings is 1. The van der Waals surface area contributed by atoms with Crippen molar-refractivity contribution < 1.29 is 9.22 Å². The first kappa shape index (κ1) is 15.7. The molecule has 0 aliphatic carbocycles. The molecule has 0 aliphatic rings. The van der Waals surface area contributed by atoms with Crippen LogP contribution in [0, 0.1) is 0 Å². The van der Waals surface area contributed by atoms with Crippen molar-refractivity contribution in [2.45, 2.75) is 13.8 Å². The van der Waals surface area contributed by atoms with Gasteiger partial charge in [-0.05, 0) is 26.0 Å². The van der Waals surface area contributed by atoms with E-state index in [0.717, 1.165) is 36.5 Å². The molecule has 0 radical (unpaired) electrons. The average Bonchev–Trinajstić information content (AvgIpc) is 2.42. The van der Waals surface area contributed by atoms with Gasteiger partial charge in [-0.15, -0.1) is 13.2 Å². The molecular weight excluding hydrogens is 210 g/mol. The molecule has 0 amide bonds. The van der Waals surface area contributed by atoms with Crippen LogP contribution in [-0.4, -0.2) is 37.8 Å². The molecule has 0 saturated heterocycles. The number of ether oxygens (including phenoxy) is 1. The summed E-state index contributed by atoms with van der Waals surface area (Å²) in [5, 5.41) is 0. The number of hydrogen-bond acceptors (Lipinski definition) is 1. The Bertz CT molecular complexity index is 280. The molecule has 0 unspecified atom stereocenters. The van der Waals surface area contributed by atoms with E-state index in [1.54, 1.807) is 0 Å². The van der Waals surface area contributed by atoms with E-state index in [2.05, 4.69) is 34.1 Å². The van der Waals surface area contributed by atoms with Crippen molar-refractivity contribution in [3.05, 3.63) is 43.5 Å². The Morgan fingerprint density at radius 2 is 1.59 bits per heavy atom. The molecule has 1 aromatic carbocycles. The smallest absolute Gasteiger partial charge is 0.137 e. The molecule has 1 rings (SSSR count). The van der Waals surface area contributed by atoms with Crippen molar-refractivity contribution in [2.24, 2.45) is 0 Å². The second kappa shape index (κ2) is 8.82. The number of nitrogens with zero attached hydrogens (tertiary/aromatic N) is 1. The van der Waals surface area contributed by atoms with Gasteiger partial charge in [0.25, 0.3) is 0 Å². The van der Waals surface area contributed by atoms with Gasteiger partial charge in [0.1, 0.15) is 18.9 Å². The molecule has 0 atom stereocenters. The highest BCUT2D eigenvalue weighted by atomic mass is 16.5. The second-order valence-electron chi connectivity index (χ2n) is 4.14. The van der Waals surface area contributed by atoms with E-state index >= 15 is 0 Å². The standard InChI is InChI=1S/C13H22NO.C2H4/c1-4-14(3,5-2)11-12-15-13-9-7-6-8-10-13;1-2/h6-10H,4-5,11-12H2,1-3H3;1-2H2/q+1;. The summed E-state index contributed by atoms with van der Waals surface area (Å²) in [7, 11) is 2.27. The minimum Gasteiger partial charge on any atom is -0.488 e. The van der Waals surface area contributed by atoms with E-state index in [1.807, 2.05) is 30.3 Å². The highest BCUT2D eigenvalue weighted by Crippen LogP contribution is 2.09. The summed E-state index contributed by atoms with van der Waals surface area (Å²) in [5.74, 6) is 0.969. The number of para-hydroxylation sites is 1. The van der Waals surface area contributed by atoms with Gasteiger partial charge in [-0.1, -0.05) is 18.2 Å². The average molecular weight is 236 g/mol. The van der Waals surface area contributed by atoms with Crippen LogP contribution in [-0.2, 0) is 0 Å². The van der Waals surface area contributed by atoms with E-state index in [1.165, 1.54) is 0 Å². The van der Waals surface area contributed by atoms with E-state index in [-0.39, 0.29) is 0 Å². The zero-order valence-electron chi connectivity index (χ0n) is 11.5. The third-order valence-corrected chi connectivity index (χ3v) is 3.17. The third-order valence-electron chi connectivity index (χ3n) is 3.17. The normalized spacial score (nSPS) is 10.3. The molecule has 96 valence electrons. The van der Waals surface area contributed by atoms with Gasteiger partial charge in [-0.2, -0.15) is 0 Å². The Morgan fingerprint density at radius 1 is 1.06 bits per heavy atom.